The van der Waals surface area contributed by atoms with Crippen LogP contribution in [-0.4, -0.2) is 14.7 Å². The van der Waals surface area contributed by atoms with E-state index in [9.17, 15) is 4.79 Å². The van der Waals surface area contributed by atoms with Gasteiger partial charge in [0.05, 0.1) is 18.1 Å². The summed E-state index contributed by atoms with van der Waals surface area (Å²) in [5, 5.41) is 0. The molecule has 0 saturated heterocycles. The van der Waals surface area contributed by atoms with Gasteiger partial charge in [0.1, 0.15) is 16.8 Å². The number of carbonyl (C=O) groups is 1. The molecule has 0 fully saturated rings. The van der Waals surface area contributed by atoms with E-state index in [0.29, 0.717) is 18.1 Å². The Morgan fingerprint density at radius 2 is 2.28 bits per heavy atom. The van der Waals surface area contributed by atoms with Crippen molar-refractivity contribution in [2.24, 2.45) is 5.92 Å². The third-order valence-electron chi connectivity index (χ3n) is 3.23. The molecule has 18 heavy (non-hydrogen) atoms. The number of rotatable bonds is 2. The minimum atomic E-state index is -0.143. The zero-order valence-corrected chi connectivity index (χ0v) is 11.2. The van der Waals surface area contributed by atoms with Gasteiger partial charge >= 0.3 is 5.97 Å². The number of esters is 1. The first-order valence-corrected chi connectivity index (χ1v) is 6.84. The maximum atomic E-state index is 11.6. The van der Waals surface area contributed by atoms with E-state index in [1.807, 2.05) is 12.1 Å². The van der Waals surface area contributed by atoms with Crippen LogP contribution in [0.15, 0.2) is 12.1 Å². The van der Waals surface area contributed by atoms with Crippen molar-refractivity contribution in [3.05, 3.63) is 17.7 Å². The summed E-state index contributed by atoms with van der Waals surface area (Å²) in [6, 6.07) is 3.70. The highest BCUT2D eigenvalue weighted by atomic mass is 32.1. The molecule has 3 rings (SSSR count). The Kier molecular flexibility index (Phi) is 2.78. The van der Waals surface area contributed by atoms with Gasteiger partial charge in [-0.25, -0.2) is 0 Å². The molecular weight excluding hydrogens is 248 g/mol. The van der Waals surface area contributed by atoms with E-state index in [-0.39, 0.29) is 11.9 Å². The second-order valence-electron chi connectivity index (χ2n) is 5.11. The molecule has 0 radical (unpaired) electrons. The van der Waals surface area contributed by atoms with Crippen LogP contribution in [0.4, 0.5) is 0 Å². The number of fused-ring (bicyclic) bond motifs is 3. The van der Waals surface area contributed by atoms with Gasteiger partial charge in [0.2, 0.25) is 0 Å². The van der Waals surface area contributed by atoms with Crippen molar-refractivity contribution >= 4 is 28.7 Å². The van der Waals surface area contributed by atoms with Crippen molar-refractivity contribution in [3.8, 4) is 5.75 Å². The van der Waals surface area contributed by atoms with Crippen LogP contribution in [0.2, 0.25) is 0 Å². The predicted octanol–water partition coefficient (Wildman–Crippen LogP) is 3.13. The summed E-state index contributed by atoms with van der Waals surface area (Å²) in [6.45, 7) is 4.33. The second-order valence-corrected chi connectivity index (χ2v) is 5.64. The van der Waals surface area contributed by atoms with Crippen LogP contribution in [0.25, 0.3) is 11.0 Å². The van der Waals surface area contributed by atoms with Gasteiger partial charge in [-0.05, 0) is 24.5 Å². The maximum absolute atomic E-state index is 11.6. The summed E-state index contributed by atoms with van der Waals surface area (Å²) in [5.41, 5.74) is 2.86. The summed E-state index contributed by atoms with van der Waals surface area (Å²) in [7, 11) is 0. The van der Waals surface area contributed by atoms with Crippen molar-refractivity contribution in [1.82, 2.24) is 8.75 Å². The fraction of sp³-hybridized carbons (Fsp3) is 0.462. The third-order valence-corrected chi connectivity index (χ3v) is 3.77. The number of aromatic nitrogens is 2. The Morgan fingerprint density at radius 1 is 1.44 bits per heavy atom. The van der Waals surface area contributed by atoms with Gasteiger partial charge in [-0.3, -0.25) is 4.79 Å². The highest BCUT2D eigenvalue weighted by molar-refractivity contribution is 7.00. The lowest BCUT2D eigenvalue weighted by atomic mass is 9.85. The molecule has 0 saturated carbocycles. The topological polar surface area (TPSA) is 52.1 Å². The summed E-state index contributed by atoms with van der Waals surface area (Å²) >= 11 is 1.21. The Morgan fingerprint density at radius 3 is 3.06 bits per heavy atom. The zero-order valence-electron chi connectivity index (χ0n) is 10.3. The van der Waals surface area contributed by atoms with Crippen molar-refractivity contribution in [2.45, 2.75) is 32.6 Å². The quantitative estimate of drug-likeness (QED) is 0.616. The molecule has 94 valence electrons. The first-order valence-electron chi connectivity index (χ1n) is 6.11. The van der Waals surface area contributed by atoms with E-state index in [1.165, 1.54) is 11.7 Å². The van der Waals surface area contributed by atoms with Gasteiger partial charge in [-0.15, -0.1) is 0 Å². The van der Waals surface area contributed by atoms with E-state index in [0.717, 1.165) is 23.0 Å². The van der Waals surface area contributed by atoms with Crippen LogP contribution in [0.5, 0.6) is 5.75 Å². The first kappa shape index (κ1) is 11.6. The number of carbonyl (C=O) groups excluding carboxylic acids is 1. The monoisotopic (exact) mass is 262 g/mol. The molecule has 0 spiro atoms. The maximum Gasteiger partial charge on any atom is 0.311 e. The largest absolute Gasteiger partial charge is 0.426 e. The molecule has 0 N–H and O–H groups in total. The summed E-state index contributed by atoms with van der Waals surface area (Å²) in [4.78, 5) is 11.6. The van der Waals surface area contributed by atoms with Crippen LogP contribution in [-0.2, 0) is 4.79 Å². The molecule has 0 aliphatic carbocycles. The van der Waals surface area contributed by atoms with E-state index in [2.05, 4.69) is 22.6 Å². The van der Waals surface area contributed by atoms with Gasteiger partial charge < -0.3 is 4.74 Å². The highest BCUT2D eigenvalue weighted by Crippen LogP contribution is 2.41. The molecule has 1 aliphatic heterocycles. The summed E-state index contributed by atoms with van der Waals surface area (Å²) in [6.07, 6.45) is 1.42. The lowest BCUT2D eigenvalue weighted by Gasteiger charge is -2.25. The average Bonchev–Trinajstić information content (AvgIpc) is 2.75. The molecule has 2 heterocycles. The normalized spacial score (nSPS) is 19.1. The highest BCUT2D eigenvalue weighted by Gasteiger charge is 2.30. The summed E-state index contributed by atoms with van der Waals surface area (Å²) < 4.78 is 13.9. The van der Waals surface area contributed by atoms with Gasteiger partial charge in [0, 0.05) is 11.5 Å². The molecule has 1 aromatic carbocycles. The fourth-order valence-corrected chi connectivity index (χ4v) is 3.12. The van der Waals surface area contributed by atoms with Crippen LogP contribution in [0.3, 0.4) is 0 Å². The minimum absolute atomic E-state index is 0.143. The van der Waals surface area contributed by atoms with E-state index in [4.69, 9.17) is 4.74 Å². The number of hydrogen-bond donors (Lipinski definition) is 0. The first-order chi connectivity index (χ1) is 8.65. The molecule has 4 nitrogen and oxygen atoms in total. The molecule has 1 aromatic heterocycles. The molecular formula is C13H14N2O2S. The lowest BCUT2D eigenvalue weighted by Crippen LogP contribution is -2.21. The molecule has 1 aliphatic rings. The standard InChI is InChI=1S/C13H14N2O2S/c1-7(2)5-8-6-11(16)17-10-4-3-9-13(12(8)10)15-18-14-9/h3-4,7-8H,5-6H2,1-2H3. The molecule has 0 amide bonds. The SMILES string of the molecule is CC(C)CC1CC(=O)Oc2ccc3nsnc3c21. The van der Waals surface area contributed by atoms with Crippen molar-refractivity contribution in [2.75, 3.05) is 0 Å². The molecule has 1 unspecified atom stereocenters. The second kappa shape index (κ2) is 4.31. The van der Waals surface area contributed by atoms with Crippen LogP contribution < -0.4 is 4.74 Å². The van der Waals surface area contributed by atoms with Crippen LogP contribution in [0.1, 0.15) is 38.2 Å². The number of ether oxygens (including phenoxy) is 1. The predicted molar refractivity (Wildman–Crippen MR) is 69.9 cm³/mol. The Bertz CT molecular complexity index is 606. The lowest BCUT2D eigenvalue weighted by molar-refractivity contribution is -0.136. The minimum Gasteiger partial charge on any atom is -0.426 e. The molecule has 1 atom stereocenters. The third kappa shape index (κ3) is 1.88. The van der Waals surface area contributed by atoms with E-state index in [1.54, 1.807) is 0 Å². The van der Waals surface area contributed by atoms with Crippen molar-refractivity contribution in [1.29, 1.82) is 0 Å². The van der Waals surface area contributed by atoms with Gasteiger partial charge in [0.25, 0.3) is 0 Å². The summed E-state index contributed by atoms with van der Waals surface area (Å²) in [5.74, 6) is 1.26. The number of benzene rings is 1. The van der Waals surface area contributed by atoms with Gasteiger partial charge in [0.15, 0.2) is 0 Å². The molecule has 0 bridgehead atoms. The number of nitrogens with zero attached hydrogens (tertiary/aromatic N) is 2. The average molecular weight is 262 g/mol. The van der Waals surface area contributed by atoms with E-state index < -0.39 is 0 Å². The smallest absolute Gasteiger partial charge is 0.311 e. The van der Waals surface area contributed by atoms with Crippen molar-refractivity contribution in [3.63, 3.8) is 0 Å². The Hall–Kier alpha value is -1.49. The molecule has 2 aromatic rings. The van der Waals surface area contributed by atoms with Crippen LogP contribution in [0, 0.1) is 5.92 Å². The fourth-order valence-electron chi connectivity index (χ4n) is 2.57. The van der Waals surface area contributed by atoms with Gasteiger partial charge in [-0.1, -0.05) is 13.8 Å². The molecule has 5 heteroatoms. The number of hydrogen-bond acceptors (Lipinski definition) is 5. The van der Waals surface area contributed by atoms with Gasteiger partial charge in [-0.2, -0.15) is 8.75 Å². The Labute approximate surface area is 109 Å². The van der Waals surface area contributed by atoms with E-state index >= 15 is 0 Å². The van der Waals surface area contributed by atoms with Crippen molar-refractivity contribution < 1.29 is 9.53 Å². The zero-order chi connectivity index (χ0) is 12.7. The Balaban J connectivity index is 2.15. The van der Waals surface area contributed by atoms with Crippen LogP contribution >= 0.6 is 11.7 Å².